The van der Waals surface area contributed by atoms with E-state index < -0.39 is 0 Å². The number of likely N-dealkylation sites (tertiary alicyclic amines) is 1. The average Bonchev–Trinajstić information content (AvgIpc) is 2.75. The third-order valence-electron chi connectivity index (χ3n) is 5.48. The SMILES string of the molecule is CN=C(NCCOc1ccccc1C)N1CCC(OCC2CCCCO2)CC1. The number of guanidine groups is 1. The fraction of sp³-hybridized carbons (Fsp3) is 0.682. The molecule has 2 aliphatic heterocycles. The Morgan fingerprint density at radius 3 is 2.75 bits per heavy atom. The smallest absolute Gasteiger partial charge is 0.193 e. The molecule has 3 rings (SSSR count). The topological polar surface area (TPSA) is 55.3 Å². The lowest BCUT2D eigenvalue weighted by atomic mass is 10.1. The van der Waals surface area contributed by atoms with Gasteiger partial charge in [0.1, 0.15) is 12.4 Å². The first-order chi connectivity index (χ1) is 13.8. The van der Waals surface area contributed by atoms with E-state index in [4.69, 9.17) is 14.2 Å². The van der Waals surface area contributed by atoms with Crippen molar-refractivity contribution in [3.8, 4) is 5.75 Å². The Labute approximate surface area is 169 Å². The van der Waals surface area contributed by atoms with Gasteiger partial charge in [0.15, 0.2) is 5.96 Å². The first kappa shape index (κ1) is 20.9. The Bertz CT molecular complexity index is 609. The van der Waals surface area contributed by atoms with Crippen molar-refractivity contribution in [2.45, 2.75) is 51.2 Å². The first-order valence-electron chi connectivity index (χ1n) is 10.6. The van der Waals surface area contributed by atoms with Crippen LogP contribution in [-0.4, -0.2) is 69.6 Å². The molecule has 1 atom stereocenters. The number of para-hydroxylation sites is 1. The van der Waals surface area contributed by atoms with Gasteiger partial charge in [-0.25, -0.2) is 0 Å². The minimum absolute atomic E-state index is 0.300. The Morgan fingerprint density at radius 1 is 1.21 bits per heavy atom. The van der Waals surface area contributed by atoms with Gasteiger partial charge >= 0.3 is 0 Å². The van der Waals surface area contributed by atoms with E-state index in [1.807, 2.05) is 25.2 Å². The molecule has 2 heterocycles. The molecule has 1 N–H and O–H groups in total. The molecule has 2 aliphatic rings. The van der Waals surface area contributed by atoms with Crippen molar-refractivity contribution in [2.75, 3.05) is 46.5 Å². The molecule has 156 valence electrons. The van der Waals surface area contributed by atoms with Crippen LogP contribution in [0.15, 0.2) is 29.3 Å². The quantitative estimate of drug-likeness (QED) is 0.441. The van der Waals surface area contributed by atoms with Crippen molar-refractivity contribution < 1.29 is 14.2 Å². The van der Waals surface area contributed by atoms with E-state index in [-0.39, 0.29) is 0 Å². The summed E-state index contributed by atoms with van der Waals surface area (Å²) < 4.78 is 17.7. The molecule has 1 aromatic carbocycles. The molecular formula is C22H35N3O3. The van der Waals surface area contributed by atoms with Crippen molar-refractivity contribution in [1.29, 1.82) is 0 Å². The average molecular weight is 390 g/mol. The standard InChI is InChI=1S/C22H35N3O3/c1-18-7-3-4-9-21(18)27-16-12-24-22(23-2)25-13-10-19(11-14-25)28-17-20-8-5-6-15-26-20/h3-4,7,9,19-20H,5-6,8,10-17H2,1-2H3,(H,23,24). The molecule has 6 nitrogen and oxygen atoms in total. The summed E-state index contributed by atoms with van der Waals surface area (Å²) in [5.41, 5.74) is 1.16. The number of nitrogens with one attached hydrogen (secondary N) is 1. The van der Waals surface area contributed by atoms with Crippen LogP contribution < -0.4 is 10.1 Å². The summed E-state index contributed by atoms with van der Waals surface area (Å²) in [5.74, 6) is 1.89. The van der Waals surface area contributed by atoms with Crippen LogP contribution in [-0.2, 0) is 9.47 Å². The van der Waals surface area contributed by atoms with E-state index in [1.165, 1.54) is 12.8 Å². The van der Waals surface area contributed by atoms with Gasteiger partial charge in [-0.15, -0.1) is 0 Å². The van der Waals surface area contributed by atoms with Crippen LogP contribution in [0, 0.1) is 6.92 Å². The molecule has 2 fully saturated rings. The Morgan fingerprint density at radius 2 is 2.04 bits per heavy atom. The Hall–Kier alpha value is -1.79. The predicted molar refractivity (Wildman–Crippen MR) is 112 cm³/mol. The summed E-state index contributed by atoms with van der Waals surface area (Å²) in [5, 5.41) is 3.42. The first-order valence-corrected chi connectivity index (χ1v) is 10.6. The lowest BCUT2D eigenvalue weighted by Gasteiger charge is -2.35. The van der Waals surface area contributed by atoms with E-state index in [0.717, 1.165) is 69.4 Å². The maximum atomic E-state index is 6.11. The van der Waals surface area contributed by atoms with Crippen molar-refractivity contribution in [2.24, 2.45) is 4.99 Å². The fourth-order valence-electron chi connectivity index (χ4n) is 3.79. The number of nitrogens with zero attached hydrogens (tertiary/aromatic N) is 2. The number of aliphatic imine (C=N–C) groups is 1. The Kier molecular flexibility index (Phi) is 8.42. The molecule has 0 aromatic heterocycles. The van der Waals surface area contributed by atoms with Gasteiger partial charge in [-0.1, -0.05) is 18.2 Å². The minimum Gasteiger partial charge on any atom is -0.491 e. The molecule has 0 bridgehead atoms. The van der Waals surface area contributed by atoms with Gasteiger partial charge in [-0.3, -0.25) is 4.99 Å². The van der Waals surface area contributed by atoms with E-state index in [0.29, 0.717) is 18.8 Å². The maximum absolute atomic E-state index is 6.11. The second-order valence-electron chi connectivity index (χ2n) is 7.60. The summed E-state index contributed by atoms with van der Waals surface area (Å²) in [7, 11) is 1.84. The van der Waals surface area contributed by atoms with Gasteiger partial charge in [0.2, 0.25) is 0 Å². The molecule has 1 unspecified atom stereocenters. The van der Waals surface area contributed by atoms with Crippen LogP contribution in [0.2, 0.25) is 0 Å². The van der Waals surface area contributed by atoms with E-state index in [2.05, 4.69) is 28.2 Å². The highest BCUT2D eigenvalue weighted by molar-refractivity contribution is 5.79. The molecule has 28 heavy (non-hydrogen) atoms. The van der Waals surface area contributed by atoms with Crippen LogP contribution >= 0.6 is 0 Å². The van der Waals surface area contributed by atoms with Gasteiger partial charge < -0.3 is 24.4 Å². The second-order valence-corrected chi connectivity index (χ2v) is 7.60. The van der Waals surface area contributed by atoms with E-state index >= 15 is 0 Å². The minimum atomic E-state index is 0.300. The lowest BCUT2D eigenvalue weighted by Crippen LogP contribution is -2.48. The van der Waals surface area contributed by atoms with Gasteiger partial charge in [-0.05, 0) is 50.7 Å². The third kappa shape index (κ3) is 6.38. The van der Waals surface area contributed by atoms with Crippen LogP contribution in [0.4, 0.5) is 0 Å². The zero-order valence-corrected chi connectivity index (χ0v) is 17.4. The van der Waals surface area contributed by atoms with Crippen molar-refractivity contribution in [3.05, 3.63) is 29.8 Å². The number of ether oxygens (including phenoxy) is 3. The molecule has 0 aliphatic carbocycles. The second kappa shape index (κ2) is 11.3. The molecule has 0 saturated carbocycles. The van der Waals surface area contributed by atoms with Crippen molar-refractivity contribution in [3.63, 3.8) is 0 Å². The molecule has 1 aromatic rings. The van der Waals surface area contributed by atoms with Crippen LogP contribution in [0.1, 0.15) is 37.7 Å². The van der Waals surface area contributed by atoms with Gasteiger partial charge in [0.25, 0.3) is 0 Å². The number of hydrogen-bond acceptors (Lipinski definition) is 4. The monoisotopic (exact) mass is 389 g/mol. The summed E-state index contributed by atoms with van der Waals surface area (Å²) in [6.07, 6.45) is 6.30. The van der Waals surface area contributed by atoms with Crippen LogP contribution in [0.5, 0.6) is 5.75 Å². The predicted octanol–water partition coefficient (Wildman–Crippen LogP) is 3.00. The summed E-state index contributed by atoms with van der Waals surface area (Å²) in [6.45, 7) is 6.98. The van der Waals surface area contributed by atoms with E-state index in [1.54, 1.807) is 0 Å². The number of rotatable bonds is 7. The van der Waals surface area contributed by atoms with Gasteiger partial charge in [0.05, 0.1) is 25.4 Å². The molecule has 0 radical (unpaired) electrons. The normalized spacial score (nSPS) is 21.6. The molecular weight excluding hydrogens is 354 g/mol. The third-order valence-corrected chi connectivity index (χ3v) is 5.48. The highest BCUT2D eigenvalue weighted by atomic mass is 16.5. The summed E-state index contributed by atoms with van der Waals surface area (Å²) in [6, 6.07) is 8.10. The Balaban J connectivity index is 1.32. The highest BCUT2D eigenvalue weighted by Crippen LogP contribution is 2.18. The van der Waals surface area contributed by atoms with E-state index in [9.17, 15) is 0 Å². The maximum Gasteiger partial charge on any atom is 0.193 e. The van der Waals surface area contributed by atoms with Crippen LogP contribution in [0.3, 0.4) is 0 Å². The van der Waals surface area contributed by atoms with Gasteiger partial charge in [-0.2, -0.15) is 0 Å². The van der Waals surface area contributed by atoms with Gasteiger partial charge in [0, 0.05) is 26.7 Å². The highest BCUT2D eigenvalue weighted by Gasteiger charge is 2.23. The molecule has 6 heteroatoms. The zero-order valence-electron chi connectivity index (χ0n) is 17.4. The van der Waals surface area contributed by atoms with Crippen molar-refractivity contribution >= 4 is 5.96 Å². The lowest BCUT2D eigenvalue weighted by molar-refractivity contribution is -0.0721. The number of aryl methyl sites for hydroxylation is 1. The fourth-order valence-corrected chi connectivity index (χ4v) is 3.79. The molecule has 0 spiro atoms. The number of benzene rings is 1. The number of hydrogen-bond donors (Lipinski definition) is 1. The van der Waals surface area contributed by atoms with Crippen LogP contribution in [0.25, 0.3) is 0 Å². The largest absolute Gasteiger partial charge is 0.491 e. The molecule has 0 amide bonds. The summed E-state index contributed by atoms with van der Waals surface area (Å²) in [4.78, 5) is 6.74. The zero-order chi connectivity index (χ0) is 19.6. The number of piperidine rings is 1. The summed E-state index contributed by atoms with van der Waals surface area (Å²) >= 11 is 0. The molecule has 2 saturated heterocycles. The van der Waals surface area contributed by atoms with Crippen molar-refractivity contribution in [1.82, 2.24) is 10.2 Å².